The minimum atomic E-state index is -3.68. The molecule has 2 fully saturated rings. The Balaban J connectivity index is 1.58. The molecule has 9 nitrogen and oxygen atoms in total. The average molecular weight is 475 g/mol. The lowest BCUT2D eigenvalue weighted by atomic mass is 10.1. The lowest BCUT2D eigenvalue weighted by molar-refractivity contribution is 0.0518. The van der Waals surface area contributed by atoms with E-state index in [2.05, 4.69) is 4.90 Å². The normalized spacial score (nSPS) is 17.5. The number of carbonyl (C=O) groups is 2. The molecule has 3 heterocycles. The van der Waals surface area contributed by atoms with Gasteiger partial charge < -0.3 is 19.1 Å². The second-order valence-electron chi connectivity index (χ2n) is 8.58. The van der Waals surface area contributed by atoms with Crippen molar-refractivity contribution in [1.82, 2.24) is 14.1 Å². The number of sulfonamides is 1. The third kappa shape index (κ3) is 4.77. The summed E-state index contributed by atoms with van der Waals surface area (Å²) in [6.07, 6.45) is 4.69. The van der Waals surface area contributed by atoms with Crippen LogP contribution in [-0.4, -0.2) is 87.7 Å². The third-order valence-electron chi connectivity index (χ3n) is 6.26. The zero-order valence-electron chi connectivity index (χ0n) is 19.1. The molecule has 2 saturated heterocycles. The Labute approximate surface area is 194 Å². The summed E-state index contributed by atoms with van der Waals surface area (Å²) in [5.74, 6) is -0.125. The van der Waals surface area contributed by atoms with Gasteiger partial charge in [-0.15, -0.1) is 0 Å². The van der Waals surface area contributed by atoms with E-state index in [1.54, 1.807) is 34.1 Å². The molecular formula is C23H30N4O5S. The first-order valence-corrected chi connectivity index (χ1v) is 12.7. The molecular weight excluding hydrogens is 444 g/mol. The maximum absolute atomic E-state index is 13.6. The van der Waals surface area contributed by atoms with Crippen molar-refractivity contribution in [3.8, 4) is 0 Å². The Morgan fingerprint density at radius 2 is 1.52 bits per heavy atom. The van der Waals surface area contributed by atoms with Crippen LogP contribution in [0.25, 0.3) is 0 Å². The van der Waals surface area contributed by atoms with Gasteiger partial charge in [0.05, 0.1) is 16.7 Å². The van der Waals surface area contributed by atoms with E-state index >= 15 is 0 Å². The summed E-state index contributed by atoms with van der Waals surface area (Å²) in [5, 5.41) is 0. The number of furan rings is 1. The highest BCUT2D eigenvalue weighted by molar-refractivity contribution is 7.89. The molecule has 0 saturated carbocycles. The molecule has 178 valence electrons. The van der Waals surface area contributed by atoms with E-state index in [9.17, 15) is 18.0 Å². The maximum Gasteiger partial charge on any atom is 0.289 e. The van der Waals surface area contributed by atoms with Crippen LogP contribution in [0.15, 0.2) is 45.9 Å². The predicted octanol–water partition coefficient (Wildman–Crippen LogP) is 2.12. The second kappa shape index (κ2) is 9.56. The topological polar surface area (TPSA) is 94.4 Å². The van der Waals surface area contributed by atoms with Gasteiger partial charge in [0.1, 0.15) is 0 Å². The van der Waals surface area contributed by atoms with Crippen molar-refractivity contribution in [3.05, 3.63) is 47.9 Å². The summed E-state index contributed by atoms with van der Waals surface area (Å²) < 4.78 is 31.8. The van der Waals surface area contributed by atoms with Crippen LogP contribution in [0.2, 0.25) is 0 Å². The monoisotopic (exact) mass is 474 g/mol. The van der Waals surface area contributed by atoms with E-state index in [0.717, 1.165) is 42.3 Å². The molecule has 2 amide bonds. The molecule has 0 radical (unpaired) electrons. The molecule has 0 N–H and O–H groups in total. The van der Waals surface area contributed by atoms with Crippen LogP contribution >= 0.6 is 0 Å². The van der Waals surface area contributed by atoms with E-state index in [1.807, 2.05) is 0 Å². The average Bonchev–Trinajstić information content (AvgIpc) is 3.38. The largest absolute Gasteiger partial charge is 0.459 e. The van der Waals surface area contributed by atoms with Crippen molar-refractivity contribution in [2.75, 3.05) is 58.3 Å². The molecule has 0 aliphatic carbocycles. The van der Waals surface area contributed by atoms with Gasteiger partial charge in [0.25, 0.3) is 11.8 Å². The van der Waals surface area contributed by atoms with Crippen LogP contribution in [0.3, 0.4) is 0 Å². The number of anilines is 1. The number of piperidine rings is 1. The van der Waals surface area contributed by atoms with Gasteiger partial charge in [-0.05, 0) is 49.6 Å². The molecule has 0 bridgehead atoms. The first-order valence-electron chi connectivity index (χ1n) is 11.2. The summed E-state index contributed by atoms with van der Waals surface area (Å²) in [6.45, 7) is 3.20. The first-order chi connectivity index (χ1) is 15.8. The van der Waals surface area contributed by atoms with Crippen molar-refractivity contribution >= 4 is 27.5 Å². The Kier molecular flexibility index (Phi) is 6.76. The van der Waals surface area contributed by atoms with Gasteiger partial charge in [-0.3, -0.25) is 9.59 Å². The molecule has 1 aromatic heterocycles. The summed E-state index contributed by atoms with van der Waals surface area (Å²) in [6, 6.07) is 8.13. The number of carbonyl (C=O) groups excluding carboxylic acids is 2. The number of benzene rings is 1. The van der Waals surface area contributed by atoms with Crippen LogP contribution in [0.4, 0.5) is 5.69 Å². The molecule has 2 aliphatic heterocycles. The van der Waals surface area contributed by atoms with Crippen molar-refractivity contribution in [1.29, 1.82) is 0 Å². The van der Waals surface area contributed by atoms with Crippen molar-refractivity contribution in [3.63, 3.8) is 0 Å². The Morgan fingerprint density at radius 1 is 0.879 bits per heavy atom. The predicted molar refractivity (Wildman–Crippen MR) is 124 cm³/mol. The van der Waals surface area contributed by atoms with Gasteiger partial charge in [-0.2, -0.15) is 0 Å². The standard InChI is InChI=1S/C23H30N4O5S/c1-24(2)33(30,31)18-8-9-20(25-10-4-3-5-11-25)19(17-18)22(28)26-12-14-27(15-13-26)23(29)21-7-6-16-32-21/h6-9,16-17H,3-5,10-15H2,1-2H3. The Morgan fingerprint density at radius 3 is 2.09 bits per heavy atom. The number of rotatable bonds is 5. The number of nitrogens with zero attached hydrogens (tertiary/aromatic N) is 4. The second-order valence-corrected chi connectivity index (χ2v) is 10.7. The van der Waals surface area contributed by atoms with Crippen molar-refractivity contribution in [2.24, 2.45) is 0 Å². The fraction of sp³-hybridized carbons (Fsp3) is 0.478. The molecule has 0 unspecified atom stereocenters. The minimum Gasteiger partial charge on any atom is -0.459 e. The molecule has 4 rings (SSSR count). The van der Waals surface area contributed by atoms with E-state index < -0.39 is 10.0 Å². The van der Waals surface area contributed by atoms with Gasteiger partial charge in [-0.1, -0.05) is 0 Å². The number of hydrogen-bond acceptors (Lipinski definition) is 6. The van der Waals surface area contributed by atoms with Crippen molar-refractivity contribution in [2.45, 2.75) is 24.2 Å². The summed E-state index contributed by atoms with van der Waals surface area (Å²) in [5.41, 5.74) is 1.16. The smallest absolute Gasteiger partial charge is 0.289 e. The van der Waals surface area contributed by atoms with Gasteiger partial charge in [0.15, 0.2) is 5.76 Å². The Hall–Kier alpha value is -2.85. The van der Waals surface area contributed by atoms with Gasteiger partial charge in [0.2, 0.25) is 10.0 Å². The highest BCUT2D eigenvalue weighted by Gasteiger charge is 2.30. The third-order valence-corrected chi connectivity index (χ3v) is 8.07. The summed E-state index contributed by atoms with van der Waals surface area (Å²) >= 11 is 0. The van der Waals surface area contributed by atoms with Gasteiger partial charge in [0, 0.05) is 59.1 Å². The quantitative estimate of drug-likeness (QED) is 0.659. The van der Waals surface area contributed by atoms with E-state index in [0.29, 0.717) is 31.7 Å². The Bertz CT molecular complexity index is 1100. The zero-order chi connectivity index (χ0) is 23.6. The van der Waals surface area contributed by atoms with Crippen LogP contribution in [0.5, 0.6) is 0 Å². The lowest BCUT2D eigenvalue weighted by Crippen LogP contribution is -2.50. The summed E-state index contributed by atoms with van der Waals surface area (Å²) in [7, 11) is -0.722. The minimum absolute atomic E-state index is 0.100. The van der Waals surface area contributed by atoms with Crippen LogP contribution in [0, 0.1) is 0 Å². The van der Waals surface area contributed by atoms with Crippen LogP contribution in [-0.2, 0) is 10.0 Å². The van der Waals surface area contributed by atoms with Crippen LogP contribution in [0.1, 0.15) is 40.2 Å². The first kappa shape index (κ1) is 23.3. The molecule has 0 atom stereocenters. The lowest BCUT2D eigenvalue weighted by Gasteiger charge is -2.36. The fourth-order valence-electron chi connectivity index (χ4n) is 4.31. The molecule has 33 heavy (non-hydrogen) atoms. The molecule has 10 heteroatoms. The number of amides is 2. The number of piperazine rings is 1. The zero-order valence-corrected chi connectivity index (χ0v) is 19.9. The fourth-order valence-corrected chi connectivity index (χ4v) is 5.24. The molecule has 1 aromatic carbocycles. The van der Waals surface area contributed by atoms with E-state index in [1.165, 1.54) is 26.4 Å². The van der Waals surface area contributed by atoms with Crippen LogP contribution < -0.4 is 4.90 Å². The highest BCUT2D eigenvalue weighted by atomic mass is 32.2. The molecule has 2 aromatic rings. The van der Waals surface area contributed by atoms with Gasteiger partial charge in [-0.25, -0.2) is 12.7 Å². The van der Waals surface area contributed by atoms with E-state index in [-0.39, 0.29) is 22.5 Å². The molecule has 0 spiro atoms. The summed E-state index contributed by atoms with van der Waals surface area (Å²) in [4.78, 5) is 31.8. The van der Waals surface area contributed by atoms with Crippen molar-refractivity contribution < 1.29 is 22.4 Å². The SMILES string of the molecule is CN(C)S(=O)(=O)c1ccc(N2CCCCC2)c(C(=O)N2CCN(C(=O)c3ccco3)CC2)c1. The van der Waals surface area contributed by atoms with E-state index in [4.69, 9.17) is 4.42 Å². The molecule has 2 aliphatic rings. The maximum atomic E-state index is 13.6. The highest BCUT2D eigenvalue weighted by Crippen LogP contribution is 2.29. The number of hydrogen-bond donors (Lipinski definition) is 0. The van der Waals surface area contributed by atoms with Gasteiger partial charge >= 0.3 is 0 Å².